The molecule has 0 saturated carbocycles. The van der Waals surface area contributed by atoms with Crippen LogP contribution in [0.3, 0.4) is 0 Å². The highest BCUT2D eigenvalue weighted by atomic mass is 16.5. The maximum absolute atomic E-state index is 5.62. The molecule has 0 fully saturated rings. The number of aryl methyl sites for hydroxylation is 1. The lowest BCUT2D eigenvalue weighted by Crippen LogP contribution is -2.39. The smallest absolute Gasteiger partial charge is 0.191 e. The number of benzene rings is 1. The number of aromatic nitrogens is 1. The molecular weight excluding hydrogens is 276 g/mol. The maximum atomic E-state index is 5.62. The van der Waals surface area contributed by atoms with E-state index < -0.39 is 0 Å². The molecule has 0 spiro atoms. The monoisotopic (exact) mass is 298 g/mol. The van der Waals surface area contributed by atoms with Gasteiger partial charge in [0.15, 0.2) is 5.96 Å². The molecule has 1 heterocycles. The predicted octanol–water partition coefficient (Wildman–Crippen LogP) is 2.13. The summed E-state index contributed by atoms with van der Waals surface area (Å²) in [4.78, 5) is 8.63. The van der Waals surface area contributed by atoms with Crippen molar-refractivity contribution in [2.45, 2.75) is 13.5 Å². The van der Waals surface area contributed by atoms with Crippen molar-refractivity contribution in [1.29, 1.82) is 0 Å². The van der Waals surface area contributed by atoms with Crippen molar-refractivity contribution in [3.63, 3.8) is 0 Å². The van der Waals surface area contributed by atoms with Crippen LogP contribution in [0.2, 0.25) is 0 Å². The number of hydrogen-bond acceptors (Lipinski definition) is 3. The average molecular weight is 298 g/mol. The summed E-state index contributed by atoms with van der Waals surface area (Å²) in [6, 6.07) is 15.7. The molecule has 0 bridgehead atoms. The summed E-state index contributed by atoms with van der Waals surface area (Å²) >= 11 is 0. The van der Waals surface area contributed by atoms with E-state index >= 15 is 0 Å². The van der Waals surface area contributed by atoms with E-state index in [-0.39, 0.29) is 0 Å². The Hall–Kier alpha value is -2.56. The number of para-hydroxylation sites is 1. The van der Waals surface area contributed by atoms with Crippen molar-refractivity contribution in [3.8, 4) is 5.75 Å². The molecule has 0 amide bonds. The van der Waals surface area contributed by atoms with E-state index in [0.717, 1.165) is 23.1 Å². The third-order valence-corrected chi connectivity index (χ3v) is 3.01. The number of nitrogens with one attached hydrogen (secondary N) is 2. The van der Waals surface area contributed by atoms with E-state index in [1.165, 1.54) is 0 Å². The molecule has 0 aliphatic rings. The molecule has 5 nitrogen and oxygen atoms in total. The molecule has 5 heteroatoms. The number of ether oxygens (including phenoxy) is 1. The second-order valence-electron chi connectivity index (χ2n) is 4.78. The van der Waals surface area contributed by atoms with Gasteiger partial charge in [-0.05, 0) is 31.2 Å². The van der Waals surface area contributed by atoms with Crippen LogP contribution in [0.25, 0.3) is 0 Å². The molecule has 2 aromatic rings. The number of guanidine groups is 1. The minimum absolute atomic E-state index is 0.577. The van der Waals surface area contributed by atoms with E-state index in [1.807, 2.05) is 55.5 Å². The van der Waals surface area contributed by atoms with Crippen LogP contribution in [-0.2, 0) is 6.54 Å². The van der Waals surface area contributed by atoms with Gasteiger partial charge in [-0.25, -0.2) is 0 Å². The second-order valence-corrected chi connectivity index (χ2v) is 4.78. The van der Waals surface area contributed by atoms with Gasteiger partial charge in [0.2, 0.25) is 0 Å². The molecule has 0 saturated heterocycles. The maximum Gasteiger partial charge on any atom is 0.191 e. The van der Waals surface area contributed by atoms with Gasteiger partial charge in [0.25, 0.3) is 0 Å². The number of pyridine rings is 1. The van der Waals surface area contributed by atoms with Crippen molar-refractivity contribution >= 4 is 5.96 Å². The zero-order chi connectivity index (χ0) is 15.6. The van der Waals surface area contributed by atoms with Gasteiger partial charge in [-0.1, -0.05) is 24.3 Å². The highest BCUT2D eigenvalue weighted by molar-refractivity contribution is 5.79. The van der Waals surface area contributed by atoms with Crippen LogP contribution in [0.1, 0.15) is 11.4 Å². The van der Waals surface area contributed by atoms with Gasteiger partial charge in [-0.2, -0.15) is 0 Å². The average Bonchev–Trinajstić information content (AvgIpc) is 2.55. The molecule has 116 valence electrons. The SMILES string of the molecule is CN=C(NCCOc1ccccc1)NCc1cccc(C)n1. The van der Waals surface area contributed by atoms with Gasteiger partial charge < -0.3 is 15.4 Å². The predicted molar refractivity (Wildman–Crippen MR) is 89.1 cm³/mol. The summed E-state index contributed by atoms with van der Waals surface area (Å²) in [7, 11) is 1.75. The van der Waals surface area contributed by atoms with Crippen molar-refractivity contribution < 1.29 is 4.74 Å². The fourth-order valence-corrected chi connectivity index (χ4v) is 1.95. The van der Waals surface area contributed by atoms with Crippen LogP contribution < -0.4 is 15.4 Å². The Bertz CT molecular complexity index is 599. The molecule has 1 aromatic carbocycles. The van der Waals surface area contributed by atoms with Gasteiger partial charge >= 0.3 is 0 Å². The summed E-state index contributed by atoms with van der Waals surface area (Å²) in [5.74, 6) is 1.61. The van der Waals surface area contributed by atoms with E-state index in [9.17, 15) is 0 Å². The Morgan fingerprint density at radius 1 is 1.09 bits per heavy atom. The molecule has 2 rings (SSSR count). The van der Waals surface area contributed by atoms with Crippen LogP contribution in [0.5, 0.6) is 5.75 Å². The molecule has 0 unspecified atom stereocenters. The van der Waals surface area contributed by atoms with Crippen LogP contribution in [0, 0.1) is 6.92 Å². The molecule has 22 heavy (non-hydrogen) atoms. The molecular formula is C17H22N4O. The van der Waals surface area contributed by atoms with Crippen LogP contribution in [0.4, 0.5) is 0 Å². The first-order chi connectivity index (χ1) is 10.8. The topological polar surface area (TPSA) is 58.5 Å². The first-order valence-electron chi connectivity index (χ1n) is 7.33. The highest BCUT2D eigenvalue weighted by Gasteiger charge is 1.99. The second kappa shape index (κ2) is 8.67. The molecule has 0 radical (unpaired) electrons. The molecule has 0 aliphatic carbocycles. The lowest BCUT2D eigenvalue weighted by molar-refractivity contribution is 0.322. The third kappa shape index (κ3) is 5.44. The third-order valence-electron chi connectivity index (χ3n) is 3.01. The van der Waals surface area contributed by atoms with E-state index in [4.69, 9.17) is 4.74 Å². The first-order valence-corrected chi connectivity index (χ1v) is 7.33. The van der Waals surface area contributed by atoms with Crippen LogP contribution in [0.15, 0.2) is 53.5 Å². The molecule has 2 N–H and O–H groups in total. The van der Waals surface area contributed by atoms with Gasteiger partial charge in [-0.3, -0.25) is 9.98 Å². The minimum Gasteiger partial charge on any atom is -0.492 e. The summed E-state index contributed by atoms with van der Waals surface area (Å²) in [6.07, 6.45) is 0. The summed E-state index contributed by atoms with van der Waals surface area (Å²) in [6.45, 7) is 3.88. The lowest BCUT2D eigenvalue weighted by Gasteiger charge is -2.12. The Balaban J connectivity index is 1.69. The minimum atomic E-state index is 0.577. The standard InChI is InChI=1S/C17H22N4O/c1-14-7-6-8-15(21-14)13-20-17(18-2)19-11-12-22-16-9-4-3-5-10-16/h3-10H,11-13H2,1-2H3,(H2,18,19,20). The lowest BCUT2D eigenvalue weighted by atomic mass is 10.3. The zero-order valence-corrected chi connectivity index (χ0v) is 13.0. The Labute approximate surface area is 131 Å². The van der Waals surface area contributed by atoms with Gasteiger partial charge in [0.05, 0.1) is 18.8 Å². The van der Waals surface area contributed by atoms with E-state index in [2.05, 4.69) is 20.6 Å². The largest absolute Gasteiger partial charge is 0.492 e. The first kappa shape index (κ1) is 15.8. The molecule has 1 aromatic heterocycles. The van der Waals surface area contributed by atoms with Gasteiger partial charge in [0, 0.05) is 12.7 Å². The molecule has 0 aliphatic heterocycles. The van der Waals surface area contributed by atoms with Crippen molar-refractivity contribution in [1.82, 2.24) is 15.6 Å². The highest BCUT2D eigenvalue weighted by Crippen LogP contribution is 2.07. The number of rotatable bonds is 6. The summed E-state index contributed by atoms with van der Waals surface area (Å²) in [5, 5.41) is 6.44. The Morgan fingerprint density at radius 2 is 1.91 bits per heavy atom. The molecule has 0 atom stereocenters. The van der Waals surface area contributed by atoms with Crippen molar-refractivity contribution in [2.24, 2.45) is 4.99 Å². The van der Waals surface area contributed by atoms with Gasteiger partial charge in [-0.15, -0.1) is 0 Å². The van der Waals surface area contributed by atoms with E-state index in [0.29, 0.717) is 19.7 Å². The van der Waals surface area contributed by atoms with Crippen molar-refractivity contribution in [2.75, 3.05) is 20.2 Å². The van der Waals surface area contributed by atoms with Crippen LogP contribution >= 0.6 is 0 Å². The number of hydrogen-bond donors (Lipinski definition) is 2. The fourth-order valence-electron chi connectivity index (χ4n) is 1.95. The quantitative estimate of drug-likeness (QED) is 0.487. The van der Waals surface area contributed by atoms with E-state index in [1.54, 1.807) is 7.05 Å². The number of nitrogens with zero attached hydrogens (tertiary/aromatic N) is 2. The van der Waals surface area contributed by atoms with Crippen molar-refractivity contribution in [3.05, 3.63) is 59.9 Å². The summed E-state index contributed by atoms with van der Waals surface area (Å²) in [5.41, 5.74) is 2.00. The Kier molecular flexibility index (Phi) is 6.23. The van der Waals surface area contributed by atoms with Gasteiger partial charge in [0.1, 0.15) is 12.4 Å². The van der Waals surface area contributed by atoms with Crippen LogP contribution in [-0.4, -0.2) is 31.1 Å². The number of aliphatic imine (C=N–C) groups is 1. The normalized spacial score (nSPS) is 11.1. The Morgan fingerprint density at radius 3 is 2.64 bits per heavy atom. The fraction of sp³-hybridized carbons (Fsp3) is 0.294. The zero-order valence-electron chi connectivity index (χ0n) is 13.0. The summed E-state index contributed by atoms with van der Waals surface area (Å²) < 4.78 is 5.62.